The van der Waals surface area contributed by atoms with Gasteiger partial charge in [0.2, 0.25) is 0 Å². The maximum atomic E-state index is 7.26. The molecular weight excluding hydrogens is 751 g/mol. The Morgan fingerprint density at radius 2 is 1.03 bits per heavy atom. The van der Waals surface area contributed by atoms with Crippen LogP contribution in [0.1, 0.15) is 142 Å². The molecule has 316 valence electrons. The Bertz CT molecular complexity index is 3010. The zero-order valence-corrected chi connectivity index (χ0v) is 40.0. The summed E-state index contributed by atoms with van der Waals surface area (Å²) in [6.07, 6.45) is 2.32. The molecule has 10 rings (SSSR count). The van der Waals surface area contributed by atoms with Crippen molar-refractivity contribution in [3.8, 4) is 0 Å². The molecule has 2 aliphatic heterocycles. The number of nitrogens with zero attached hydrogens (tertiary/aromatic N) is 2. The van der Waals surface area contributed by atoms with E-state index in [-0.39, 0.29) is 33.8 Å². The molecule has 0 radical (unpaired) electrons. The Balaban J connectivity index is 1.40. The van der Waals surface area contributed by atoms with Gasteiger partial charge in [-0.25, -0.2) is 0 Å². The van der Waals surface area contributed by atoms with Crippen LogP contribution in [0, 0.1) is 13.8 Å². The summed E-state index contributed by atoms with van der Waals surface area (Å²) in [4.78, 5) is 5.24. The lowest BCUT2D eigenvalue weighted by Gasteiger charge is -2.48. The van der Waals surface area contributed by atoms with Gasteiger partial charge < -0.3 is 14.2 Å². The monoisotopic (exact) mass is 817 g/mol. The zero-order chi connectivity index (χ0) is 44.2. The van der Waals surface area contributed by atoms with Crippen molar-refractivity contribution < 1.29 is 4.42 Å². The fourth-order valence-corrected chi connectivity index (χ4v) is 11.0. The van der Waals surface area contributed by atoms with Gasteiger partial charge in [-0.05, 0) is 164 Å². The summed E-state index contributed by atoms with van der Waals surface area (Å²) in [6, 6.07) is 38.1. The van der Waals surface area contributed by atoms with E-state index >= 15 is 0 Å². The normalized spacial score (nSPS) is 16.7. The largest absolute Gasteiger partial charge is 0.457 e. The van der Waals surface area contributed by atoms with Gasteiger partial charge in [0.25, 0.3) is 6.71 Å². The third-order valence-electron chi connectivity index (χ3n) is 15.0. The average molecular weight is 817 g/mol. The van der Waals surface area contributed by atoms with Gasteiger partial charge in [-0.2, -0.15) is 0 Å². The van der Waals surface area contributed by atoms with Gasteiger partial charge in [-0.15, -0.1) is 0 Å². The molecule has 62 heavy (non-hydrogen) atoms. The third kappa shape index (κ3) is 6.05. The molecule has 4 heteroatoms. The van der Waals surface area contributed by atoms with Crippen LogP contribution in [0.3, 0.4) is 0 Å². The Labute approximate surface area is 371 Å². The molecule has 3 aliphatic rings. The van der Waals surface area contributed by atoms with E-state index in [4.69, 9.17) is 4.42 Å². The molecule has 0 unspecified atom stereocenters. The third-order valence-corrected chi connectivity index (χ3v) is 15.0. The SMILES string of the molecule is Cc1cc(C(C)(C)C)ccc1N1c2cc3c(cc2B2c4c1cc(C(C)(C)C)cc4N(c1ccccc1C)c1ccc4c(oc5ccc(C(C)(C)C)cc54)c12)C(C)(C)CCC3(C)C. The van der Waals surface area contributed by atoms with Crippen molar-refractivity contribution in [2.45, 2.75) is 144 Å². The quantitative estimate of drug-likeness (QED) is 0.162. The van der Waals surface area contributed by atoms with Crippen LogP contribution in [-0.4, -0.2) is 6.71 Å². The number of benzene rings is 6. The number of para-hydroxylation sites is 1. The Kier molecular flexibility index (Phi) is 8.67. The average Bonchev–Trinajstić information content (AvgIpc) is 3.57. The minimum Gasteiger partial charge on any atom is -0.457 e. The molecule has 6 aromatic carbocycles. The highest BCUT2D eigenvalue weighted by molar-refractivity contribution is 7.01. The van der Waals surface area contributed by atoms with Gasteiger partial charge in [0.1, 0.15) is 11.2 Å². The number of anilines is 6. The van der Waals surface area contributed by atoms with Crippen LogP contribution in [0.5, 0.6) is 0 Å². The van der Waals surface area contributed by atoms with Gasteiger partial charge in [0.15, 0.2) is 0 Å². The molecule has 0 saturated carbocycles. The van der Waals surface area contributed by atoms with Gasteiger partial charge in [0, 0.05) is 44.9 Å². The highest BCUT2D eigenvalue weighted by atomic mass is 16.3. The van der Waals surface area contributed by atoms with E-state index in [1.54, 1.807) is 0 Å². The molecule has 0 saturated heterocycles. The molecule has 7 aromatic rings. The zero-order valence-electron chi connectivity index (χ0n) is 40.0. The second-order valence-electron chi connectivity index (χ2n) is 23.5. The van der Waals surface area contributed by atoms with Crippen LogP contribution in [0.25, 0.3) is 21.9 Å². The summed E-state index contributed by atoms with van der Waals surface area (Å²) in [5.41, 5.74) is 22.8. The van der Waals surface area contributed by atoms with Crippen LogP contribution in [0.15, 0.2) is 101 Å². The van der Waals surface area contributed by atoms with E-state index in [0.29, 0.717) is 0 Å². The second kappa shape index (κ2) is 13.2. The lowest BCUT2D eigenvalue weighted by Crippen LogP contribution is -2.62. The van der Waals surface area contributed by atoms with Crippen LogP contribution in [0.2, 0.25) is 0 Å². The molecule has 0 N–H and O–H groups in total. The lowest BCUT2D eigenvalue weighted by molar-refractivity contribution is 0.332. The van der Waals surface area contributed by atoms with Crippen molar-refractivity contribution in [1.29, 1.82) is 0 Å². The molecule has 1 aliphatic carbocycles. The van der Waals surface area contributed by atoms with Crippen molar-refractivity contribution >= 4 is 79.2 Å². The summed E-state index contributed by atoms with van der Waals surface area (Å²) in [5, 5.41) is 2.37. The first-order valence-electron chi connectivity index (χ1n) is 23.1. The molecule has 0 spiro atoms. The number of rotatable bonds is 2. The first kappa shape index (κ1) is 40.8. The maximum Gasteiger partial charge on any atom is 0.257 e. The summed E-state index contributed by atoms with van der Waals surface area (Å²) in [6.45, 7) is 35.3. The fraction of sp³-hybridized carbons (Fsp3) is 0.379. The summed E-state index contributed by atoms with van der Waals surface area (Å²) in [7, 11) is 0. The summed E-state index contributed by atoms with van der Waals surface area (Å²) in [5.74, 6) is 0. The number of hydrogen-bond acceptors (Lipinski definition) is 3. The first-order chi connectivity index (χ1) is 29.0. The topological polar surface area (TPSA) is 19.6 Å². The number of aryl methyl sites for hydroxylation is 2. The minimum atomic E-state index is -0.106. The molecule has 0 bridgehead atoms. The van der Waals surface area contributed by atoms with E-state index < -0.39 is 0 Å². The van der Waals surface area contributed by atoms with Crippen LogP contribution >= 0.6 is 0 Å². The van der Waals surface area contributed by atoms with Crippen molar-refractivity contribution in [2.75, 3.05) is 9.80 Å². The predicted molar refractivity (Wildman–Crippen MR) is 269 cm³/mol. The van der Waals surface area contributed by atoms with E-state index in [2.05, 4.69) is 211 Å². The van der Waals surface area contributed by atoms with Gasteiger partial charge in [-0.3, -0.25) is 0 Å². The smallest absolute Gasteiger partial charge is 0.257 e. The second-order valence-corrected chi connectivity index (χ2v) is 23.5. The maximum absolute atomic E-state index is 7.26. The number of fused-ring (bicyclic) bond motifs is 9. The fourth-order valence-electron chi connectivity index (χ4n) is 11.0. The van der Waals surface area contributed by atoms with Crippen LogP contribution in [-0.2, 0) is 27.1 Å². The van der Waals surface area contributed by atoms with Gasteiger partial charge in [-0.1, -0.05) is 132 Å². The molecule has 3 heterocycles. The highest BCUT2D eigenvalue weighted by Gasteiger charge is 2.48. The lowest BCUT2D eigenvalue weighted by atomic mass is 9.32. The van der Waals surface area contributed by atoms with Crippen molar-refractivity contribution in [2.24, 2.45) is 0 Å². The summed E-state index contributed by atoms with van der Waals surface area (Å²) >= 11 is 0. The van der Waals surface area contributed by atoms with Crippen molar-refractivity contribution in [3.63, 3.8) is 0 Å². The van der Waals surface area contributed by atoms with Crippen LogP contribution < -0.4 is 26.2 Å². The van der Waals surface area contributed by atoms with E-state index in [0.717, 1.165) is 24.0 Å². The first-order valence-corrected chi connectivity index (χ1v) is 23.1. The Morgan fingerprint density at radius 1 is 0.484 bits per heavy atom. The minimum absolute atomic E-state index is 0.0148. The van der Waals surface area contributed by atoms with Gasteiger partial charge >= 0.3 is 0 Å². The van der Waals surface area contributed by atoms with E-state index in [9.17, 15) is 0 Å². The van der Waals surface area contributed by atoms with Gasteiger partial charge in [0.05, 0.1) is 0 Å². The molecule has 0 atom stereocenters. The molecule has 3 nitrogen and oxygen atoms in total. The summed E-state index contributed by atoms with van der Waals surface area (Å²) < 4.78 is 7.26. The molecule has 1 aromatic heterocycles. The number of hydrogen-bond donors (Lipinski definition) is 0. The molecule has 0 fully saturated rings. The van der Waals surface area contributed by atoms with E-state index in [1.807, 2.05) is 0 Å². The predicted octanol–water partition coefficient (Wildman–Crippen LogP) is 14.5. The van der Waals surface area contributed by atoms with Crippen LogP contribution in [0.4, 0.5) is 34.1 Å². The Morgan fingerprint density at radius 3 is 1.65 bits per heavy atom. The van der Waals surface area contributed by atoms with Crippen molar-refractivity contribution in [3.05, 3.63) is 136 Å². The van der Waals surface area contributed by atoms with E-state index in [1.165, 1.54) is 100 Å². The highest BCUT2D eigenvalue weighted by Crippen LogP contribution is 2.52. The molecular formula is C58H65BN2O. The molecule has 0 amide bonds. The Hall–Kier alpha value is -5.22. The standard InChI is InChI=1S/C58H65BN2O/c1-34-18-16-17-19-44(34)60-46-24-22-39-40-29-37(55(6,7)8)21-25-50(40)62-53(39)52(46)59-43-32-41-42(58(14,15)27-26-57(41,12)13)33-47(43)61(45-23-20-36(28-35(45)2)54(3,4)5)49-31-38(56(9,10)11)30-48(60)51(49)59/h16-25,28-33H,26-27H2,1-15H3. The number of furan rings is 1. The van der Waals surface area contributed by atoms with Crippen molar-refractivity contribution in [1.82, 2.24) is 0 Å².